The fourth-order valence-corrected chi connectivity index (χ4v) is 3.68. The number of carbonyl (C=O) groups is 2. The molecule has 6 heteroatoms. The van der Waals surface area contributed by atoms with Gasteiger partial charge in [-0.05, 0) is 30.4 Å². The summed E-state index contributed by atoms with van der Waals surface area (Å²) in [5, 5.41) is 13.6. The molecule has 2 aromatic rings. The van der Waals surface area contributed by atoms with E-state index in [4.69, 9.17) is 5.11 Å². The lowest BCUT2D eigenvalue weighted by molar-refractivity contribution is -0.140. The lowest BCUT2D eigenvalue weighted by Gasteiger charge is -2.10. The van der Waals surface area contributed by atoms with E-state index in [2.05, 4.69) is 5.32 Å². The third-order valence-electron chi connectivity index (χ3n) is 2.88. The zero-order valence-corrected chi connectivity index (χ0v) is 10.4. The van der Waals surface area contributed by atoms with Crippen molar-refractivity contribution >= 4 is 43.9 Å². The number of fused-ring (bicyclic) bond motifs is 1. The Morgan fingerprint density at radius 2 is 2.12 bits per heavy atom. The first-order chi connectivity index (χ1) is 8.11. The molecule has 0 aromatic carbocycles. The average molecular weight is 267 g/mol. The van der Waals surface area contributed by atoms with Crippen molar-refractivity contribution < 1.29 is 14.7 Å². The Bertz CT molecular complexity index is 581. The average Bonchev–Trinajstić information content (AvgIpc) is 2.75. The fraction of sp³-hybridized carbons (Fsp3) is 0.273. The molecule has 2 heterocycles. The summed E-state index contributed by atoms with van der Waals surface area (Å²) in [7, 11) is 0. The van der Waals surface area contributed by atoms with Crippen molar-refractivity contribution in [2.45, 2.75) is 18.4 Å². The Hall–Kier alpha value is -1.40. The van der Waals surface area contributed by atoms with Crippen molar-refractivity contribution in [3.8, 4) is 0 Å². The molecule has 17 heavy (non-hydrogen) atoms. The molecule has 1 aliphatic rings. The van der Waals surface area contributed by atoms with Crippen LogP contribution in [0.4, 0.5) is 0 Å². The fourth-order valence-electron chi connectivity index (χ4n) is 1.67. The van der Waals surface area contributed by atoms with Crippen LogP contribution in [0.1, 0.15) is 22.5 Å². The van der Waals surface area contributed by atoms with Crippen LogP contribution in [0.3, 0.4) is 0 Å². The number of carboxylic acid groups (broad SMARTS) is 1. The SMILES string of the molecule is O=C(NC1(C(=O)O)CC1)c1cc2sccc2s1. The van der Waals surface area contributed by atoms with Gasteiger partial charge in [-0.3, -0.25) is 4.79 Å². The molecule has 0 bridgehead atoms. The van der Waals surface area contributed by atoms with Gasteiger partial charge in [0, 0.05) is 9.40 Å². The molecule has 0 saturated heterocycles. The van der Waals surface area contributed by atoms with Crippen LogP contribution in [-0.2, 0) is 4.79 Å². The summed E-state index contributed by atoms with van der Waals surface area (Å²) in [5.74, 6) is -1.22. The highest BCUT2D eigenvalue weighted by Gasteiger charge is 2.51. The molecule has 1 fully saturated rings. The number of nitrogens with one attached hydrogen (secondary N) is 1. The van der Waals surface area contributed by atoms with Crippen LogP contribution in [-0.4, -0.2) is 22.5 Å². The second-order valence-electron chi connectivity index (χ2n) is 4.10. The third kappa shape index (κ3) is 1.73. The lowest BCUT2D eigenvalue weighted by Crippen LogP contribution is -2.42. The smallest absolute Gasteiger partial charge is 0.329 e. The summed E-state index contributed by atoms with van der Waals surface area (Å²) in [6, 6.07) is 3.78. The van der Waals surface area contributed by atoms with E-state index in [0.29, 0.717) is 17.7 Å². The summed E-state index contributed by atoms with van der Waals surface area (Å²) in [5.41, 5.74) is -1.01. The number of carboxylic acids is 1. The summed E-state index contributed by atoms with van der Waals surface area (Å²) >= 11 is 2.98. The first-order valence-corrected chi connectivity index (χ1v) is 6.83. The van der Waals surface area contributed by atoms with Crippen LogP contribution >= 0.6 is 22.7 Å². The second kappa shape index (κ2) is 3.54. The molecule has 0 aliphatic heterocycles. The quantitative estimate of drug-likeness (QED) is 0.896. The molecule has 1 saturated carbocycles. The molecule has 0 unspecified atom stereocenters. The molecular formula is C11H9NO3S2. The normalized spacial score (nSPS) is 16.9. The van der Waals surface area contributed by atoms with Crippen molar-refractivity contribution in [3.05, 3.63) is 22.4 Å². The Balaban J connectivity index is 1.83. The molecule has 3 rings (SSSR count). The molecule has 0 atom stereocenters. The number of hydrogen-bond acceptors (Lipinski definition) is 4. The summed E-state index contributed by atoms with van der Waals surface area (Å²) in [4.78, 5) is 23.5. The van der Waals surface area contributed by atoms with Gasteiger partial charge in [0.2, 0.25) is 0 Å². The van der Waals surface area contributed by atoms with Gasteiger partial charge in [-0.15, -0.1) is 22.7 Å². The molecule has 1 aliphatic carbocycles. The van der Waals surface area contributed by atoms with Gasteiger partial charge in [0.25, 0.3) is 5.91 Å². The highest BCUT2D eigenvalue weighted by atomic mass is 32.1. The van der Waals surface area contributed by atoms with Gasteiger partial charge in [-0.2, -0.15) is 0 Å². The summed E-state index contributed by atoms with van der Waals surface area (Å²) in [6.07, 6.45) is 1.04. The van der Waals surface area contributed by atoms with Crippen LogP contribution < -0.4 is 5.32 Å². The van der Waals surface area contributed by atoms with Gasteiger partial charge >= 0.3 is 5.97 Å². The molecule has 88 valence electrons. The van der Waals surface area contributed by atoms with E-state index in [1.807, 2.05) is 17.5 Å². The number of thiophene rings is 2. The van der Waals surface area contributed by atoms with Gasteiger partial charge in [0.15, 0.2) is 0 Å². The van der Waals surface area contributed by atoms with Gasteiger partial charge in [-0.1, -0.05) is 0 Å². The van der Waals surface area contributed by atoms with Crippen LogP contribution in [0.25, 0.3) is 9.40 Å². The first kappa shape index (κ1) is 10.7. The lowest BCUT2D eigenvalue weighted by atomic mass is 10.2. The molecular weight excluding hydrogens is 258 g/mol. The molecule has 0 radical (unpaired) electrons. The number of carbonyl (C=O) groups excluding carboxylic acids is 1. The minimum Gasteiger partial charge on any atom is -0.480 e. The number of rotatable bonds is 3. The standard InChI is InChI=1S/C11H9NO3S2/c13-9(12-11(2-3-11)10(14)15)8-5-7-6(17-8)1-4-16-7/h1,4-5H,2-3H2,(H,12,13)(H,14,15). The maximum absolute atomic E-state index is 11.9. The largest absolute Gasteiger partial charge is 0.480 e. The van der Waals surface area contributed by atoms with Crippen LogP contribution in [0.2, 0.25) is 0 Å². The van der Waals surface area contributed by atoms with E-state index in [9.17, 15) is 9.59 Å². The predicted octanol–water partition coefficient (Wildman–Crippen LogP) is 2.31. The molecule has 1 amide bonds. The summed E-state index contributed by atoms with van der Waals surface area (Å²) in [6.45, 7) is 0. The zero-order valence-electron chi connectivity index (χ0n) is 8.73. The third-order valence-corrected chi connectivity index (χ3v) is 4.97. The van der Waals surface area contributed by atoms with E-state index < -0.39 is 11.5 Å². The van der Waals surface area contributed by atoms with Crippen LogP contribution in [0.5, 0.6) is 0 Å². The Morgan fingerprint density at radius 1 is 1.35 bits per heavy atom. The number of hydrogen-bond donors (Lipinski definition) is 2. The predicted molar refractivity (Wildman–Crippen MR) is 66.8 cm³/mol. The molecule has 2 N–H and O–H groups in total. The van der Waals surface area contributed by atoms with Gasteiger partial charge in [0.1, 0.15) is 5.54 Å². The highest BCUT2D eigenvalue weighted by molar-refractivity contribution is 7.27. The number of amides is 1. The van der Waals surface area contributed by atoms with Crippen molar-refractivity contribution in [2.24, 2.45) is 0 Å². The second-order valence-corrected chi connectivity index (χ2v) is 6.13. The van der Waals surface area contributed by atoms with Gasteiger partial charge in [-0.25, -0.2) is 4.79 Å². The zero-order chi connectivity index (χ0) is 12.0. The Labute approximate surface area is 105 Å². The van der Waals surface area contributed by atoms with E-state index in [1.165, 1.54) is 11.3 Å². The summed E-state index contributed by atoms with van der Waals surface area (Å²) < 4.78 is 2.14. The minimum atomic E-state index is -1.01. The number of aliphatic carboxylic acids is 1. The van der Waals surface area contributed by atoms with E-state index in [-0.39, 0.29) is 5.91 Å². The van der Waals surface area contributed by atoms with Crippen molar-refractivity contribution in [1.82, 2.24) is 5.32 Å². The van der Waals surface area contributed by atoms with E-state index in [1.54, 1.807) is 11.3 Å². The highest BCUT2D eigenvalue weighted by Crippen LogP contribution is 2.37. The monoisotopic (exact) mass is 267 g/mol. The maximum Gasteiger partial charge on any atom is 0.329 e. The molecule has 0 spiro atoms. The molecule has 2 aromatic heterocycles. The minimum absolute atomic E-state index is 0.279. The Morgan fingerprint density at radius 3 is 2.71 bits per heavy atom. The van der Waals surface area contributed by atoms with Crippen molar-refractivity contribution in [2.75, 3.05) is 0 Å². The van der Waals surface area contributed by atoms with Crippen molar-refractivity contribution in [1.29, 1.82) is 0 Å². The van der Waals surface area contributed by atoms with E-state index in [0.717, 1.165) is 9.40 Å². The van der Waals surface area contributed by atoms with Crippen LogP contribution in [0.15, 0.2) is 17.5 Å². The van der Waals surface area contributed by atoms with Crippen LogP contribution in [0, 0.1) is 0 Å². The van der Waals surface area contributed by atoms with Crippen molar-refractivity contribution in [3.63, 3.8) is 0 Å². The molecule has 4 nitrogen and oxygen atoms in total. The van der Waals surface area contributed by atoms with E-state index >= 15 is 0 Å². The van der Waals surface area contributed by atoms with Gasteiger partial charge in [0.05, 0.1) is 4.88 Å². The topological polar surface area (TPSA) is 66.4 Å². The Kier molecular flexibility index (Phi) is 2.24. The van der Waals surface area contributed by atoms with Gasteiger partial charge < -0.3 is 10.4 Å². The maximum atomic E-state index is 11.9. The first-order valence-electron chi connectivity index (χ1n) is 5.14.